The molecule has 4 heterocycles. The first kappa shape index (κ1) is 24.4. The van der Waals surface area contributed by atoms with Crippen LogP contribution in [0.3, 0.4) is 0 Å². The smallest absolute Gasteiger partial charge is 0.307 e. The number of anilines is 1. The fourth-order valence-electron chi connectivity index (χ4n) is 4.41. The zero-order valence-corrected chi connectivity index (χ0v) is 20.5. The molecule has 4 rings (SSSR count). The molecule has 1 fully saturated rings. The molecule has 3 aromatic rings. The van der Waals surface area contributed by atoms with Crippen LogP contribution in [0.25, 0.3) is 11.3 Å². The van der Waals surface area contributed by atoms with E-state index in [0.29, 0.717) is 18.9 Å². The highest BCUT2D eigenvalue weighted by molar-refractivity contribution is 5.83. The lowest BCUT2D eigenvalue weighted by atomic mass is 9.82. The predicted molar refractivity (Wildman–Crippen MR) is 135 cm³/mol. The van der Waals surface area contributed by atoms with Crippen molar-refractivity contribution < 1.29 is 14.6 Å². The molecule has 35 heavy (non-hydrogen) atoms. The number of pyridine rings is 3. The van der Waals surface area contributed by atoms with Crippen LogP contribution in [0.15, 0.2) is 53.7 Å². The van der Waals surface area contributed by atoms with Crippen LogP contribution in [-0.4, -0.2) is 45.3 Å². The second-order valence-electron chi connectivity index (χ2n) is 9.77. The number of aryl methyl sites for hydroxylation is 1. The molecule has 0 radical (unpaired) electrons. The Morgan fingerprint density at radius 3 is 2.54 bits per heavy atom. The van der Waals surface area contributed by atoms with Crippen LogP contribution >= 0.6 is 0 Å². The van der Waals surface area contributed by atoms with Gasteiger partial charge in [0.1, 0.15) is 12.4 Å². The van der Waals surface area contributed by atoms with Gasteiger partial charge >= 0.3 is 5.97 Å². The van der Waals surface area contributed by atoms with E-state index in [0.717, 1.165) is 54.1 Å². The maximum Gasteiger partial charge on any atom is 0.307 e. The summed E-state index contributed by atoms with van der Waals surface area (Å²) in [6, 6.07) is 8.76. The average Bonchev–Trinajstić information content (AvgIpc) is 2.82. The van der Waals surface area contributed by atoms with E-state index in [1.54, 1.807) is 29.2 Å². The molecule has 0 spiro atoms. The van der Waals surface area contributed by atoms with Crippen molar-refractivity contribution >= 4 is 11.7 Å². The second-order valence-corrected chi connectivity index (χ2v) is 9.77. The third kappa shape index (κ3) is 5.88. The van der Waals surface area contributed by atoms with E-state index in [2.05, 4.69) is 28.7 Å². The fourth-order valence-corrected chi connectivity index (χ4v) is 4.41. The number of nitrogens with zero attached hydrogens (tertiary/aromatic N) is 4. The van der Waals surface area contributed by atoms with Crippen molar-refractivity contribution in [3.05, 3.63) is 70.5 Å². The normalized spacial score (nSPS) is 15.1. The van der Waals surface area contributed by atoms with Crippen molar-refractivity contribution in [3.63, 3.8) is 0 Å². The van der Waals surface area contributed by atoms with Crippen LogP contribution in [0.1, 0.15) is 37.9 Å². The molecular weight excluding hydrogens is 444 g/mol. The zero-order chi connectivity index (χ0) is 25.0. The minimum Gasteiger partial charge on any atom is -0.490 e. The number of carboxylic acids is 1. The number of hydrogen-bond acceptors (Lipinski definition) is 6. The van der Waals surface area contributed by atoms with Gasteiger partial charge in [0.2, 0.25) is 0 Å². The zero-order valence-electron chi connectivity index (χ0n) is 20.5. The highest BCUT2D eigenvalue weighted by Crippen LogP contribution is 2.39. The summed E-state index contributed by atoms with van der Waals surface area (Å²) in [5.74, 6) is -0.273. The molecule has 0 atom stereocenters. The topological polar surface area (TPSA) is 97.6 Å². The Balaban J connectivity index is 1.58. The van der Waals surface area contributed by atoms with Crippen molar-refractivity contribution in [3.8, 4) is 17.0 Å². The van der Waals surface area contributed by atoms with Gasteiger partial charge in [-0.1, -0.05) is 19.9 Å². The number of ether oxygens (including phenoxy) is 1. The molecule has 0 amide bonds. The summed E-state index contributed by atoms with van der Waals surface area (Å²) in [7, 11) is 0. The number of carboxylic acid groups (broad SMARTS) is 1. The van der Waals surface area contributed by atoms with Crippen molar-refractivity contribution in [2.75, 3.05) is 24.6 Å². The van der Waals surface area contributed by atoms with Crippen LogP contribution < -0.4 is 15.2 Å². The fraction of sp³-hybridized carbons (Fsp3) is 0.407. The Labute approximate surface area is 205 Å². The number of carbonyl (C=O) groups is 1. The molecule has 1 aliphatic heterocycles. The summed E-state index contributed by atoms with van der Waals surface area (Å²) >= 11 is 0. The third-order valence-corrected chi connectivity index (χ3v) is 6.64. The highest BCUT2D eigenvalue weighted by Gasteiger charge is 2.29. The van der Waals surface area contributed by atoms with E-state index in [1.807, 2.05) is 25.1 Å². The summed E-state index contributed by atoms with van der Waals surface area (Å²) in [5, 5.41) is 9.58. The summed E-state index contributed by atoms with van der Waals surface area (Å²) < 4.78 is 7.39. The van der Waals surface area contributed by atoms with E-state index < -0.39 is 5.97 Å². The molecule has 3 aromatic heterocycles. The first-order valence-corrected chi connectivity index (χ1v) is 11.9. The molecule has 1 saturated heterocycles. The Kier molecular flexibility index (Phi) is 7.19. The molecule has 1 aliphatic rings. The Bertz CT molecular complexity index is 1240. The molecule has 8 nitrogen and oxygen atoms in total. The lowest BCUT2D eigenvalue weighted by molar-refractivity contribution is -0.136. The summed E-state index contributed by atoms with van der Waals surface area (Å²) in [5.41, 5.74) is 4.14. The van der Waals surface area contributed by atoms with Gasteiger partial charge in [-0.05, 0) is 43.4 Å². The van der Waals surface area contributed by atoms with Crippen LogP contribution in [0, 0.1) is 12.3 Å². The minimum absolute atomic E-state index is 0.0674. The maximum atomic E-state index is 11.8. The van der Waals surface area contributed by atoms with Crippen LogP contribution in [-0.2, 0) is 17.8 Å². The number of aliphatic carboxylic acids is 1. The van der Waals surface area contributed by atoms with Crippen molar-refractivity contribution in [2.45, 2.75) is 46.6 Å². The lowest BCUT2D eigenvalue weighted by Gasteiger charge is -2.40. The van der Waals surface area contributed by atoms with E-state index in [1.165, 1.54) is 6.07 Å². The maximum absolute atomic E-state index is 11.8. The SMILES string of the molecule is Cc1ncc(-c2ccc(OCCn3ccccc3=O)cn2)c(N2CCC(C)(C)CC2)c1CC(=O)O. The van der Waals surface area contributed by atoms with Gasteiger partial charge in [-0.2, -0.15) is 0 Å². The number of hydrogen-bond donors (Lipinski definition) is 1. The average molecular weight is 477 g/mol. The monoisotopic (exact) mass is 476 g/mol. The molecule has 0 aromatic carbocycles. The van der Waals surface area contributed by atoms with Crippen LogP contribution in [0.5, 0.6) is 5.75 Å². The number of aromatic nitrogens is 3. The molecule has 1 N–H and O–H groups in total. The quantitative estimate of drug-likeness (QED) is 0.526. The molecule has 184 valence electrons. The van der Waals surface area contributed by atoms with Gasteiger partial charge < -0.3 is 19.3 Å². The first-order valence-electron chi connectivity index (χ1n) is 11.9. The Morgan fingerprint density at radius 1 is 1.11 bits per heavy atom. The van der Waals surface area contributed by atoms with E-state index in [9.17, 15) is 14.7 Å². The van der Waals surface area contributed by atoms with E-state index in [4.69, 9.17) is 4.74 Å². The third-order valence-electron chi connectivity index (χ3n) is 6.64. The molecule has 8 heteroatoms. The molecule has 0 aliphatic carbocycles. The van der Waals surface area contributed by atoms with Gasteiger partial charge in [0, 0.05) is 48.4 Å². The molecule has 0 saturated carbocycles. The van der Waals surface area contributed by atoms with Gasteiger partial charge in [-0.15, -0.1) is 0 Å². The van der Waals surface area contributed by atoms with Crippen molar-refractivity contribution in [1.82, 2.24) is 14.5 Å². The molecule has 0 bridgehead atoms. The van der Waals surface area contributed by atoms with Crippen molar-refractivity contribution in [2.24, 2.45) is 5.41 Å². The molecule has 0 unspecified atom stereocenters. The van der Waals surface area contributed by atoms with Gasteiger partial charge in [0.05, 0.1) is 30.5 Å². The van der Waals surface area contributed by atoms with Crippen LogP contribution in [0.4, 0.5) is 5.69 Å². The molecular formula is C27H32N4O4. The lowest BCUT2D eigenvalue weighted by Crippen LogP contribution is -2.38. The summed E-state index contributed by atoms with van der Waals surface area (Å²) in [6.07, 6.45) is 7.16. The first-order chi connectivity index (χ1) is 16.7. The van der Waals surface area contributed by atoms with E-state index in [-0.39, 0.29) is 17.4 Å². The summed E-state index contributed by atoms with van der Waals surface area (Å²) in [6.45, 7) is 8.91. The van der Waals surface area contributed by atoms with Gasteiger partial charge in [0.25, 0.3) is 5.56 Å². The van der Waals surface area contributed by atoms with Gasteiger partial charge in [-0.25, -0.2) is 0 Å². The minimum atomic E-state index is -0.875. The predicted octanol–water partition coefficient (Wildman–Crippen LogP) is 3.95. The number of rotatable bonds is 8. The standard InChI is InChI=1S/C27H32N4O4/c1-19-21(16-25(33)34)26(31-12-9-27(2,3)10-13-31)22(18-28-19)23-8-7-20(17-29-23)35-15-14-30-11-5-4-6-24(30)32/h4-8,11,17-18H,9-10,12-16H2,1-3H3,(H,33,34). The van der Waals surface area contributed by atoms with E-state index >= 15 is 0 Å². The summed E-state index contributed by atoms with van der Waals surface area (Å²) in [4.78, 5) is 34.9. The van der Waals surface area contributed by atoms with Crippen molar-refractivity contribution in [1.29, 1.82) is 0 Å². The van der Waals surface area contributed by atoms with Gasteiger partial charge in [0.15, 0.2) is 0 Å². The van der Waals surface area contributed by atoms with Crippen LogP contribution in [0.2, 0.25) is 0 Å². The Hall–Kier alpha value is -3.68. The Morgan fingerprint density at radius 2 is 1.89 bits per heavy atom. The largest absolute Gasteiger partial charge is 0.490 e. The highest BCUT2D eigenvalue weighted by atomic mass is 16.5. The second kappa shape index (κ2) is 10.3. The number of piperidine rings is 1. The van der Waals surface area contributed by atoms with Gasteiger partial charge in [-0.3, -0.25) is 19.6 Å².